The molecule has 9 nitrogen and oxygen atoms in total. The molecule has 0 aliphatic carbocycles. The van der Waals surface area contributed by atoms with E-state index in [1.807, 2.05) is 27.7 Å². The number of methoxy groups -OCH3 is 1. The van der Waals surface area contributed by atoms with E-state index in [9.17, 15) is 14.3 Å². The number of rotatable bonds is 11. The van der Waals surface area contributed by atoms with Crippen molar-refractivity contribution in [3.05, 3.63) is 30.1 Å². The van der Waals surface area contributed by atoms with Crippen molar-refractivity contribution in [1.29, 1.82) is 0 Å². The van der Waals surface area contributed by atoms with E-state index in [0.717, 1.165) is 0 Å². The lowest BCUT2D eigenvalue weighted by Crippen LogP contribution is -2.33. The van der Waals surface area contributed by atoms with E-state index in [4.69, 9.17) is 4.74 Å². The number of carbonyl (C=O) groups excluding carboxylic acids is 1. The van der Waals surface area contributed by atoms with Gasteiger partial charge in [0.25, 0.3) is 0 Å². The maximum Gasteiger partial charge on any atom is 0.328 e. The third-order valence-electron chi connectivity index (χ3n) is 4.37. The average Bonchev–Trinajstić information content (AvgIpc) is 2.71. The van der Waals surface area contributed by atoms with Crippen molar-refractivity contribution in [3.8, 4) is 0 Å². The van der Waals surface area contributed by atoms with Gasteiger partial charge < -0.3 is 25.8 Å². The van der Waals surface area contributed by atoms with E-state index in [-0.39, 0.29) is 30.4 Å². The molecule has 0 saturated carbocycles. The Balaban J connectivity index is 2.33. The first-order valence-electron chi connectivity index (χ1n) is 10.1. The zero-order valence-electron chi connectivity index (χ0n) is 18.6. The van der Waals surface area contributed by atoms with Gasteiger partial charge in [0, 0.05) is 24.3 Å². The van der Waals surface area contributed by atoms with Gasteiger partial charge in [-0.05, 0) is 30.5 Å². The number of nitrogens with zero attached hydrogens (tertiary/aromatic N) is 3. The number of anilines is 4. The first kappa shape index (κ1) is 24.3. The minimum atomic E-state index is -0.642. The second-order valence-electron chi connectivity index (χ2n) is 8.47. The summed E-state index contributed by atoms with van der Waals surface area (Å²) in [6.45, 7) is 8.14. The molecule has 2 rings (SSSR count). The molecule has 1 aromatic carbocycles. The molecular formula is C21H31FN6O3. The quantitative estimate of drug-likeness (QED) is 0.395. The van der Waals surface area contributed by atoms with Crippen LogP contribution in [0.15, 0.2) is 24.3 Å². The van der Waals surface area contributed by atoms with E-state index < -0.39 is 23.2 Å². The van der Waals surface area contributed by atoms with Crippen molar-refractivity contribution in [2.45, 2.75) is 40.2 Å². The van der Waals surface area contributed by atoms with Crippen LogP contribution in [0.25, 0.3) is 0 Å². The highest BCUT2D eigenvalue weighted by molar-refractivity contribution is 5.78. The Labute approximate surface area is 181 Å². The molecule has 2 aromatic rings. The fraction of sp³-hybridized carbons (Fsp3) is 0.524. The van der Waals surface area contributed by atoms with Gasteiger partial charge in [-0.2, -0.15) is 15.0 Å². The number of benzene rings is 1. The predicted molar refractivity (Wildman–Crippen MR) is 118 cm³/mol. The van der Waals surface area contributed by atoms with Crippen molar-refractivity contribution >= 4 is 29.5 Å². The van der Waals surface area contributed by atoms with Crippen molar-refractivity contribution < 1.29 is 19.0 Å². The molecule has 10 heteroatoms. The Hall–Kier alpha value is -3.01. The maximum atomic E-state index is 13.5. The number of ether oxygens (including phenoxy) is 1. The number of halogens is 1. The lowest BCUT2D eigenvalue weighted by Gasteiger charge is -2.22. The average molecular weight is 435 g/mol. The van der Waals surface area contributed by atoms with Gasteiger partial charge in [-0.25, -0.2) is 9.18 Å². The molecule has 170 valence electrons. The number of hydrogen-bond donors (Lipinski definition) is 4. The molecule has 0 unspecified atom stereocenters. The molecular weight excluding hydrogens is 403 g/mol. The third-order valence-corrected chi connectivity index (χ3v) is 4.37. The molecule has 0 radical (unpaired) electrons. The summed E-state index contributed by atoms with van der Waals surface area (Å²) in [6.07, 6.45) is 0.519. The van der Waals surface area contributed by atoms with Crippen molar-refractivity contribution in [1.82, 2.24) is 15.0 Å². The van der Waals surface area contributed by atoms with Crippen LogP contribution < -0.4 is 16.0 Å². The fourth-order valence-corrected chi connectivity index (χ4v) is 2.63. The molecule has 1 aromatic heterocycles. The van der Waals surface area contributed by atoms with Crippen LogP contribution in [0.5, 0.6) is 0 Å². The number of aliphatic hydroxyl groups is 1. The minimum absolute atomic E-state index is 0.0244. The molecule has 0 aliphatic heterocycles. The summed E-state index contributed by atoms with van der Waals surface area (Å²) in [5, 5.41) is 18.5. The summed E-state index contributed by atoms with van der Waals surface area (Å²) in [5.41, 5.74) is 0.0632. The molecule has 0 amide bonds. The Morgan fingerprint density at radius 2 is 1.87 bits per heavy atom. The number of nitrogens with one attached hydrogen (secondary N) is 3. The predicted octanol–water partition coefficient (Wildman–Crippen LogP) is 3.18. The van der Waals surface area contributed by atoms with E-state index in [1.54, 1.807) is 12.1 Å². The van der Waals surface area contributed by atoms with Gasteiger partial charge in [0.1, 0.15) is 11.9 Å². The topological polar surface area (TPSA) is 121 Å². The normalized spacial score (nSPS) is 12.4. The van der Waals surface area contributed by atoms with E-state index in [2.05, 4.69) is 30.9 Å². The van der Waals surface area contributed by atoms with Gasteiger partial charge in [-0.1, -0.05) is 33.8 Å². The van der Waals surface area contributed by atoms with Gasteiger partial charge in [-0.15, -0.1) is 0 Å². The summed E-state index contributed by atoms with van der Waals surface area (Å²) in [4.78, 5) is 25.2. The largest absolute Gasteiger partial charge is 0.467 e. The van der Waals surface area contributed by atoms with E-state index in [0.29, 0.717) is 18.7 Å². The summed E-state index contributed by atoms with van der Waals surface area (Å²) >= 11 is 0. The molecule has 0 fully saturated rings. The lowest BCUT2D eigenvalue weighted by molar-refractivity contribution is -0.141. The first-order chi connectivity index (χ1) is 14.6. The number of aliphatic hydroxyl groups excluding tert-OH is 1. The number of aromatic nitrogens is 3. The Morgan fingerprint density at radius 1 is 1.19 bits per heavy atom. The Morgan fingerprint density at radius 3 is 2.48 bits per heavy atom. The summed E-state index contributed by atoms with van der Waals surface area (Å²) < 4.78 is 18.4. The first-order valence-corrected chi connectivity index (χ1v) is 10.1. The molecule has 0 saturated heterocycles. The Bertz CT molecular complexity index is 878. The van der Waals surface area contributed by atoms with Gasteiger partial charge >= 0.3 is 5.97 Å². The lowest BCUT2D eigenvalue weighted by atomic mass is 9.95. The zero-order chi connectivity index (χ0) is 23.0. The third kappa shape index (κ3) is 7.97. The second-order valence-corrected chi connectivity index (χ2v) is 8.47. The number of esters is 1. The van der Waals surface area contributed by atoms with Crippen LogP contribution in [0.4, 0.5) is 27.9 Å². The molecule has 0 aliphatic rings. The second kappa shape index (κ2) is 10.9. The molecule has 0 bridgehead atoms. The molecule has 1 atom stereocenters. The highest BCUT2D eigenvalue weighted by atomic mass is 19.1. The number of hydrogen-bond acceptors (Lipinski definition) is 9. The van der Waals surface area contributed by atoms with Crippen LogP contribution in [-0.4, -0.2) is 52.3 Å². The summed E-state index contributed by atoms with van der Waals surface area (Å²) in [5.74, 6) is -0.0278. The fourth-order valence-electron chi connectivity index (χ4n) is 2.63. The minimum Gasteiger partial charge on any atom is -0.467 e. The van der Waals surface area contributed by atoms with Crippen LogP contribution in [0.2, 0.25) is 0 Å². The van der Waals surface area contributed by atoms with Gasteiger partial charge in [0.05, 0.1) is 7.11 Å². The Kier molecular flexibility index (Phi) is 8.49. The van der Waals surface area contributed by atoms with Gasteiger partial charge in [0.2, 0.25) is 17.8 Å². The number of carbonyl (C=O) groups is 1. The molecule has 31 heavy (non-hydrogen) atoms. The highest BCUT2D eigenvalue weighted by Gasteiger charge is 2.23. The van der Waals surface area contributed by atoms with Crippen LogP contribution >= 0.6 is 0 Å². The van der Waals surface area contributed by atoms with Crippen LogP contribution in [0, 0.1) is 17.2 Å². The van der Waals surface area contributed by atoms with Gasteiger partial charge in [0.15, 0.2) is 0 Å². The molecule has 0 spiro atoms. The van der Waals surface area contributed by atoms with Gasteiger partial charge in [-0.3, -0.25) is 0 Å². The monoisotopic (exact) mass is 434 g/mol. The van der Waals surface area contributed by atoms with Crippen LogP contribution in [0.3, 0.4) is 0 Å². The van der Waals surface area contributed by atoms with Crippen molar-refractivity contribution in [3.63, 3.8) is 0 Å². The summed E-state index contributed by atoms with van der Waals surface area (Å²) in [6, 6.07) is 5.25. The molecule has 1 heterocycles. The standard InChI is InChI=1S/C21H31FN6O3/c1-13(2)9-16(17(30)31-5)25-20-27-18(23-11-21(3,4)12-29)26-19(28-20)24-15-8-6-7-14(22)10-15/h6-8,10,13,16,29H,9,11-12H2,1-5H3,(H3,23,24,25,26,27,28)/t16-/m0/s1. The van der Waals surface area contributed by atoms with Crippen molar-refractivity contribution in [2.24, 2.45) is 11.3 Å². The maximum absolute atomic E-state index is 13.5. The zero-order valence-corrected chi connectivity index (χ0v) is 18.6. The SMILES string of the molecule is COC(=O)[C@H](CC(C)C)Nc1nc(NCC(C)(C)CO)nc(Nc2cccc(F)c2)n1. The summed E-state index contributed by atoms with van der Waals surface area (Å²) in [7, 11) is 1.33. The van der Waals surface area contributed by atoms with E-state index >= 15 is 0 Å². The highest BCUT2D eigenvalue weighted by Crippen LogP contribution is 2.20. The molecule has 4 N–H and O–H groups in total. The van der Waals surface area contributed by atoms with Crippen LogP contribution in [-0.2, 0) is 9.53 Å². The van der Waals surface area contributed by atoms with Crippen molar-refractivity contribution in [2.75, 3.05) is 36.2 Å². The van der Waals surface area contributed by atoms with E-state index in [1.165, 1.54) is 19.2 Å². The van der Waals surface area contributed by atoms with Crippen LogP contribution in [0.1, 0.15) is 34.1 Å². The smallest absolute Gasteiger partial charge is 0.328 e.